The molecule has 0 aromatic carbocycles. The van der Waals surface area contributed by atoms with E-state index in [1.165, 1.54) is 0 Å². The molecule has 2 atom stereocenters. The normalized spacial score (nSPS) is 26.9. The first-order chi connectivity index (χ1) is 9.72. The minimum Gasteiger partial charge on any atom is -0.378 e. The monoisotopic (exact) mass is 279 g/mol. The molecule has 0 spiro atoms. The predicted octanol–water partition coefficient (Wildman–Crippen LogP) is 1.65. The van der Waals surface area contributed by atoms with Crippen molar-refractivity contribution in [3.8, 4) is 0 Å². The molecule has 1 aromatic heterocycles. The largest absolute Gasteiger partial charge is 0.378 e. The van der Waals surface area contributed by atoms with E-state index in [1.54, 1.807) is 6.92 Å². The minimum absolute atomic E-state index is 0.121. The molecule has 3 heterocycles. The molecule has 6 nitrogen and oxygen atoms in total. The van der Waals surface area contributed by atoms with Crippen molar-refractivity contribution >= 4 is 5.91 Å². The molecule has 0 bridgehead atoms. The van der Waals surface area contributed by atoms with E-state index in [0.29, 0.717) is 18.9 Å². The van der Waals surface area contributed by atoms with Crippen molar-refractivity contribution in [1.29, 1.82) is 0 Å². The molecule has 3 rings (SSSR count). The fourth-order valence-electron chi connectivity index (χ4n) is 3.02. The molecule has 2 unspecified atom stereocenters. The second kappa shape index (κ2) is 5.91. The van der Waals surface area contributed by atoms with Crippen molar-refractivity contribution in [2.75, 3.05) is 19.7 Å². The third kappa shape index (κ3) is 3.00. The summed E-state index contributed by atoms with van der Waals surface area (Å²) in [6, 6.07) is 0. The zero-order chi connectivity index (χ0) is 13.9. The molecule has 6 heteroatoms. The van der Waals surface area contributed by atoms with Crippen LogP contribution in [0.4, 0.5) is 0 Å². The first-order valence-electron chi connectivity index (χ1n) is 7.42. The predicted molar refractivity (Wildman–Crippen MR) is 71.2 cm³/mol. The van der Waals surface area contributed by atoms with Crippen LogP contribution in [0, 0.1) is 6.92 Å². The fourth-order valence-corrected chi connectivity index (χ4v) is 3.02. The number of carbonyl (C=O) groups excluding carboxylic acids is 1. The van der Waals surface area contributed by atoms with Crippen molar-refractivity contribution in [2.24, 2.45) is 0 Å². The van der Waals surface area contributed by atoms with Gasteiger partial charge in [-0.15, -0.1) is 0 Å². The molecular weight excluding hydrogens is 258 g/mol. The Labute approximate surface area is 118 Å². The molecule has 2 fully saturated rings. The van der Waals surface area contributed by atoms with E-state index in [0.717, 1.165) is 44.7 Å². The highest BCUT2D eigenvalue weighted by Gasteiger charge is 2.29. The van der Waals surface area contributed by atoms with Crippen molar-refractivity contribution in [3.05, 3.63) is 11.7 Å². The smallest absolute Gasteiger partial charge is 0.225 e. The van der Waals surface area contributed by atoms with Gasteiger partial charge in [0.15, 0.2) is 5.82 Å². The number of aryl methyl sites for hydroxylation is 1. The third-order valence-corrected chi connectivity index (χ3v) is 4.11. The maximum atomic E-state index is 12.3. The number of nitrogens with zero attached hydrogens (tertiary/aromatic N) is 3. The highest BCUT2D eigenvalue weighted by Crippen LogP contribution is 2.26. The number of ether oxygens (including phenoxy) is 1. The van der Waals surface area contributed by atoms with Crippen molar-refractivity contribution in [3.63, 3.8) is 0 Å². The van der Waals surface area contributed by atoms with Crippen LogP contribution in [0.3, 0.4) is 0 Å². The van der Waals surface area contributed by atoms with E-state index in [2.05, 4.69) is 10.1 Å². The molecular formula is C14H21N3O3. The van der Waals surface area contributed by atoms with E-state index in [-0.39, 0.29) is 17.9 Å². The Morgan fingerprint density at radius 1 is 1.40 bits per heavy atom. The first kappa shape index (κ1) is 13.5. The van der Waals surface area contributed by atoms with Crippen LogP contribution < -0.4 is 0 Å². The summed E-state index contributed by atoms with van der Waals surface area (Å²) < 4.78 is 10.6. The SMILES string of the molecule is Cc1nc(C2CCCN(C(=O)CC3CCCO3)C2)no1. The molecule has 0 N–H and O–H groups in total. The van der Waals surface area contributed by atoms with Crippen molar-refractivity contribution in [1.82, 2.24) is 15.0 Å². The lowest BCUT2D eigenvalue weighted by atomic mass is 9.97. The molecule has 0 saturated carbocycles. The molecule has 2 saturated heterocycles. The van der Waals surface area contributed by atoms with Crippen LogP contribution in [-0.2, 0) is 9.53 Å². The highest BCUT2D eigenvalue weighted by atomic mass is 16.5. The zero-order valence-electron chi connectivity index (χ0n) is 11.9. The average molecular weight is 279 g/mol. The summed E-state index contributed by atoms with van der Waals surface area (Å²) in [5, 5.41) is 3.99. The first-order valence-corrected chi connectivity index (χ1v) is 7.42. The number of rotatable bonds is 3. The van der Waals surface area contributed by atoms with Gasteiger partial charge in [-0.05, 0) is 25.7 Å². The Bertz CT molecular complexity index is 468. The second-order valence-corrected chi connectivity index (χ2v) is 5.69. The average Bonchev–Trinajstić information content (AvgIpc) is 3.10. The number of piperidine rings is 1. The van der Waals surface area contributed by atoms with E-state index in [9.17, 15) is 4.79 Å². The van der Waals surface area contributed by atoms with Gasteiger partial charge in [0, 0.05) is 32.5 Å². The zero-order valence-corrected chi connectivity index (χ0v) is 11.9. The fraction of sp³-hybridized carbons (Fsp3) is 0.786. The summed E-state index contributed by atoms with van der Waals surface area (Å²) in [6.45, 7) is 4.12. The molecule has 2 aliphatic rings. The van der Waals surface area contributed by atoms with Crippen LogP contribution in [0.1, 0.15) is 49.7 Å². The quantitative estimate of drug-likeness (QED) is 0.841. The van der Waals surface area contributed by atoms with Gasteiger partial charge in [-0.3, -0.25) is 4.79 Å². The second-order valence-electron chi connectivity index (χ2n) is 5.69. The number of hydrogen-bond acceptors (Lipinski definition) is 5. The van der Waals surface area contributed by atoms with Gasteiger partial charge in [-0.25, -0.2) is 0 Å². The molecule has 0 radical (unpaired) electrons. The lowest BCUT2D eigenvalue weighted by molar-refractivity contribution is -0.134. The van der Waals surface area contributed by atoms with E-state index >= 15 is 0 Å². The molecule has 0 aliphatic carbocycles. The Kier molecular flexibility index (Phi) is 4.00. The molecule has 1 aromatic rings. The standard InChI is InChI=1S/C14H21N3O3/c1-10-15-14(16-20-10)11-4-2-6-17(9-11)13(18)8-12-5-3-7-19-12/h11-12H,2-9H2,1H3. The van der Waals surface area contributed by atoms with E-state index in [1.807, 2.05) is 4.90 Å². The highest BCUT2D eigenvalue weighted by molar-refractivity contribution is 5.76. The van der Waals surface area contributed by atoms with Crippen LogP contribution in [0.25, 0.3) is 0 Å². The van der Waals surface area contributed by atoms with Crippen molar-refractivity contribution < 1.29 is 14.1 Å². The Morgan fingerprint density at radius 2 is 2.30 bits per heavy atom. The number of amides is 1. The Balaban J connectivity index is 1.58. The lowest BCUT2D eigenvalue weighted by Crippen LogP contribution is -2.40. The molecule has 110 valence electrons. The third-order valence-electron chi connectivity index (χ3n) is 4.11. The van der Waals surface area contributed by atoms with Gasteiger partial charge in [-0.1, -0.05) is 5.16 Å². The lowest BCUT2D eigenvalue weighted by Gasteiger charge is -2.31. The van der Waals surface area contributed by atoms with Gasteiger partial charge in [0.2, 0.25) is 11.8 Å². The van der Waals surface area contributed by atoms with Gasteiger partial charge in [-0.2, -0.15) is 4.98 Å². The number of hydrogen-bond donors (Lipinski definition) is 0. The van der Waals surface area contributed by atoms with Crippen LogP contribution >= 0.6 is 0 Å². The topological polar surface area (TPSA) is 68.5 Å². The summed E-state index contributed by atoms with van der Waals surface area (Å²) >= 11 is 0. The molecule has 20 heavy (non-hydrogen) atoms. The van der Waals surface area contributed by atoms with Crippen LogP contribution in [0.5, 0.6) is 0 Å². The van der Waals surface area contributed by atoms with E-state index in [4.69, 9.17) is 9.26 Å². The van der Waals surface area contributed by atoms with Gasteiger partial charge in [0.25, 0.3) is 0 Å². The number of likely N-dealkylation sites (tertiary alicyclic amines) is 1. The summed E-state index contributed by atoms with van der Waals surface area (Å²) in [7, 11) is 0. The summed E-state index contributed by atoms with van der Waals surface area (Å²) in [5.74, 6) is 1.72. The van der Waals surface area contributed by atoms with Crippen LogP contribution in [0.15, 0.2) is 4.52 Å². The van der Waals surface area contributed by atoms with Crippen LogP contribution in [-0.4, -0.2) is 46.7 Å². The number of carbonyl (C=O) groups is 1. The van der Waals surface area contributed by atoms with Gasteiger partial charge in [0.05, 0.1) is 12.5 Å². The van der Waals surface area contributed by atoms with Crippen molar-refractivity contribution in [2.45, 2.75) is 51.0 Å². The summed E-state index contributed by atoms with van der Waals surface area (Å²) in [6.07, 6.45) is 4.72. The van der Waals surface area contributed by atoms with Gasteiger partial charge < -0.3 is 14.2 Å². The Morgan fingerprint density at radius 3 is 3.00 bits per heavy atom. The number of aromatic nitrogens is 2. The Hall–Kier alpha value is -1.43. The van der Waals surface area contributed by atoms with Gasteiger partial charge >= 0.3 is 0 Å². The summed E-state index contributed by atoms with van der Waals surface area (Å²) in [5.41, 5.74) is 0. The van der Waals surface area contributed by atoms with Crippen LogP contribution in [0.2, 0.25) is 0 Å². The minimum atomic E-state index is 0.121. The maximum Gasteiger partial charge on any atom is 0.225 e. The maximum absolute atomic E-state index is 12.3. The van der Waals surface area contributed by atoms with E-state index < -0.39 is 0 Å². The van der Waals surface area contributed by atoms with Gasteiger partial charge in [0.1, 0.15) is 0 Å². The molecule has 1 amide bonds. The molecule has 2 aliphatic heterocycles. The summed E-state index contributed by atoms with van der Waals surface area (Å²) in [4.78, 5) is 18.5.